The van der Waals surface area contributed by atoms with Gasteiger partial charge in [-0.15, -0.1) is 0 Å². The molecule has 1 aliphatic carbocycles. The van der Waals surface area contributed by atoms with Crippen LogP contribution < -0.4 is 0 Å². The van der Waals surface area contributed by atoms with Crippen molar-refractivity contribution < 1.29 is 0 Å². The first-order valence-electron chi connectivity index (χ1n) is 3.57. The van der Waals surface area contributed by atoms with Crippen LogP contribution >= 0.6 is 0 Å². The van der Waals surface area contributed by atoms with Gasteiger partial charge in [-0.3, -0.25) is 0 Å². The third kappa shape index (κ3) is 0.735. The fourth-order valence-corrected chi connectivity index (χ4v) is 1.56. The number of hydrogen-bond donors (Lipinski definition) is 0. The van der Waals surface area contributed by atoms with E-state index in [9.17, 15) is 0 Å². The Morgan fingerprint density at radius 3 is 2.33 bits per heavy atom. The molecular weight excluding hydrogens is 108 g/mol. The third-order valence-electron chi connectivity index (χ3n) is 2.39. The van der Waals surface area contributed by atoms with Crippen molar-refractivity contribution >= 4 is 0 Å². The maximum absolute atomic E-state index is 3.96. The summed E-state index contributed by atoms with van der Waals surface area (Å²) in [6.07, 6.45) is 1.20. The molecule has 0 aromatic rings. The zero-order valence-electron chi connectivity index (χ0n) is 6.49. The highest BCUT2D eigenvalue weighted by Crippen LogP contribution is 2.39. The second kappa shape index (κ2) is 2.02. The fourth-order valence-electron chi connectivity index (χ4n) is 1.56. The summed E-state index contributed by atoms with van der Waals surface area (Å²) in [5, 5.41) is 0. The number of hydrogen-bond acceptors (Lipinski definition) is 0. The zero-order valence-corrected chi connectivity index (χ0v) is 6.49. The lowest BCUT2D eigenvalue weighted by Gasteiger charge is -2.31. The Kier molecular flexibility index (Phi) is 1.48. The Balaban J connectivity index is 2.83. The van der Waals surface area contributed by atoms with Crippen molar-refractivity contribution in [3.05, 3.63) is 23.3 Å². The highest BCUT2D eigenvalue weighted by Gasteiger charge is 2.24. The predicted molar refractivity (Wildman–Crippen MR) is 41.3 cm³/mol. The van der Waals surface area contributed by atoms with Crippen LogP contribution in [0.2, 0.25) is 0 Å². The summed E-state index contributed by atoms with van der Waals surface area (Å²) in [5.74, 6) is 0.676. The lowest BCUT2D eigenvalue weighted by molar-refractivity contribution is 0.692. The quantitative estimate of drug-likeness (QED) is 0.501. The second-order valence-corrected chi connectivity index (χ2v) is 2.75. The lowest BCUT2D eigenvalue weighted by Crippen LogP contribution is -2.16. The Morgan fingerprint density at radius 2 is 2.11 bits per heavy atom. The molecule has 0 bridgehead atoms. The van der Waals surface area contributed by atoms with Crippen LogP contribution in [-0.2, 0) is 0 Å². The maximum Gasteiger partial charge on any atom is 0.00222 e. The minimum Gasteiger partial charge on any atom is -0.0950 e. The molecule has 50 valence electrons. The molecule has 0 aromatic carbocycles. The van der Waals surface area contributed by atoms with Crippen LogP contribution in [0.25, 0.3) is 0 Å². The summed E-state index contributed by atoms with van der Waals surface area (Å²) in [7, 11) is 0. The van der Waals surface area contributed by atoms with Gasteiger partial charge in [-0.25, -0.2) is 0 Å². The molecule has 0 aromatic heterocycles. The summed E-state index contributed by atoms with van der Waals surface area (Å²) in [5.41, 5.74) is 4.39. The molecular formula is C9H14. The standard InChI is InChI=1S/C9H14/c1-5-9-7(3)6(2)8(9)4/h7H,2,5H2,1,3-4H3. The van der Waals surface area contributed by atoms with Gasteiger partial charge in [0.05, 0.1) is 0 Å². The van der Waals surface area contributed by atoms with E-state index in [0.717, 1.165) is 0 Å². The van der Waals surface area contributed by atoms with Gasteiger partial charge >= 0.3 is 0 Å². The van der Waals surface area contributed by atoms with E-state index in [-0.39, 0.29) is 0 Å². The lowest BCUT2D eigenvalue weighted by atomic mass is 9.74. The summed E-state index contributed by atoms with van der Waals surface area (Å²) < 4.78 is 0. The van der Waals surface area contributed by atoms with Crippen LogP contribution in [0.15, 0.2) is 23.3 Å². The fraction of sp³-hybridized carbons (Fsp3) is 0.556. The summed E-state index contributed by atoms with van der Waals surface area (Å²) >= 11 is 0. The van der Waals surface area contributed by atoms with Crippen LogP contribution in [0.1, 0.15) is 27.2 Å². The Bertz CT molecular complexity index is 172. The first-order chi connectivity index (χ1) is 4.18. The monoisotopic (exact) mass is 122 g/mol. The summed E-state index contributed by atoms with van der Waals surface area (Å²) in [6.45, 7) is 10.6. The molecule has 0 N–H and O–H groups in total. The van der Waals surface area contributed by atoms with Crippen molar-refractivity contribution in [1.82, 2.24) is 0 Å². The highest BCUT2D eigenvalue weighted by molar-refractivity contribution is 5.48. The van der Waals surface area contributed by atoms with Gasteiger partial charge in [-0.2, -0.15) is 0 Å². The van der Waals surface area contributed by atoms with E-state index >= 15 is 0 Å². The van der Waals surface area contributed by atoms with Gasteiger partial charge in [-0.05, 0) is 24.5 Å². The van der Waals surface area contributed by atoms with Crippen molar-refractivity contribution in [2.45, 2.75) is 27.2 Å². The van der Waals surface area contributed by atoms with Crippen LogP contribution in [0, 0.1) is 5.92 Å². The molecule has 0 aliphatic heterocycles. The van der Waals surface area contributed by atoms with Crippen molar-refractivity contribution in [2.75, 3.05) is 0 Å². The van der Waals surface area contributed by atoms with E-state index in [0.29, 0.717) is 5.92 Å². The van der Waals surface area contributed by atoms with Crippen LogP contribution in [0.4, 0.5) is 0 Å². The SMILES string of the molecule is C=C1C(C)=C(CC)C1C. The van der Waals surface area contributed by atoms with E-state index in [4.69, 9.17) is 0 Å². The van der Waals surface area contributed by atoms with E-state index in [1.165, 1.54) is 17.6 Å². The average molecular weight is 122 g/mol. The summed E-state index contributed by atoms with van der Waals surface area (Å²) in [4.78, 5) is 0. The van der Waals surface area contributed by atoms with Crippen molar-refractivity contribution in [3.63, 3.8) is 0 Å². The molecule has 0 spiro atoms. The molecule has 0 radical (unpaired) electrons. The molecule has 1 rings (SSSR count). The Morgan fingerprint density at radius 1 is 1.56 bits per heavy atom. The van der Waals surface area contributed by atoms with Gasteiger partial charge in [0.1, 0.15) is 0 Å². The predicted octanol–water partition coefficient (Wildman–Crippen LogP) is 2.92. The largest absolute Gasteiger partial charge is 0.0950 e. The van der Waals surface area contributed by atoms with Gasteiger partial charge in [0, 0.05) is 5.92 Å². The molecule has 0 heteroatoms. The van der Waals surface area contributed by atoms with Crippen LogP contribution in [0.3, 0.4) is 0 Å². The normalized spacial score (nSPS) is 26.6. The number of allylic oxidation sites excluding steroid dienone is 3. The molecule has 1 unspecified atom stereocenters. The molecule has 0 heterocycles. The molecule has 1 aliphatic rings. The van der Waals surface area contributed by atoms with Gasteiger partial charge in [0.25, 0.3) is 0 Å². The van der Waals surface area contributed by atoms with Crippen molar-refractivity contribution in [3.8, 4) is 0 Å². The smallest absolute Gasteiger partial charge is 0.00222 e. The van der Waals surface area contributed by atoms with E-state index in [2.05, 4.69) is 27.4 Å². The Hall–Kier alpha value is -0.520. The van der Waals surface area contributed by atoms with Crippen LogP contribution in [0.5, 0.6) is 0 Å². The van der Waals surface area contributed by atoms with Crippen molar-refractivity contribution in [1.29, 1.82) is 0 Å². The van der Waals surface area contributed by atoms with Gasteiger partial charge in [0.15, 0.2) is 0 Å². The summed E-state index contributed by atoms with van der Waals surface area (Å²) in [6, 6.07) is 0. The first kappa shape index (κ1) is 6.60. The molecule has 0 saturated carbocycles. The molecule has 0 saturated heterocycles. The minimum atomic E-state index is 0.676. The molecule has 9 heavy (non-hydrogen) atoms. The zero-order chi connectivity index (χ0) is 7.02. The van der Waals surface area contributed by atoms with Gasteiger partial charge in [0.2, 0.25) is 0 Å². The van der Waals surface area contributed by atoms with E-state index in [1.807, 2.05) is 0 Å². The molecule has 1 atom stereocenters. The average Bonchev–Trinajstić information content (AvgIpc) is 1.89. The maximum atomic E-state index is 3.96. The van der Waals surface area contributed by atoms with Crippen LogP contribution in [-0.4, -0.2) is 0 Å². The van der Waals surface area contributed by atoms with Gasteiger partial charge < -0.3 is 0 Å². The molecule has 0 fully saturated rings. The highest BCUT2D eigenvalue weighted by atomic mass is 14.3. The van der Waals surface area contributed by atoms with E-state index in [1.54, 1.807) is 5.57 Å². The third-order valence-corrected chi connectivity index (χ3v) is 2.39. The topological polar surface area (TPSA) is 0 Å². The van der Waals surface area contributed by atoms with Crippen molar-refractivity contribution in [2.24, 2.45) is 5.92 Å². The number of rotatable bonds is 1. The first-order valence-corrected chi connectivity index (χ1v) is 3.57. The molecule has 0 amide bonds. The Labute approximate surface area is 57.3 Å². The molecule has 0 nitrogen and oxygen atoms in total. The second-order valence-electron chi connectivity index (χ2n) is 2.75. The van der Waals surface area contributed by atoms with Gasteiger partial charge in [-0.1, -0.05) is 26.0 Å². The minimum absolute atomic E-state index is 0.676. The van der Waals surface area contributed by atoms with E-state index < -0.39 is 0 Å².